The number of hydrogen-bond acceptors (Lipinski definition) is 2. The van der Waals surface area contributed by atoms with E-state index in [1.807, 2.05) is 12.1 Å². The molecule has 1 aromatic heterocycles. The van der Waals surface area contributed by atoms with E-state index in [-0.39, 0.29) is 5.60 Å². The second-order valence-electron chi connectivity index (χ2n) is 6.40. The average Bonchev–Trinajstić information content (AvgIpc) is 2.73. The standard InChI is InChI=1S/C17H23ClN2O/c1-17(9-10-19(2)3)16-12(8-11-21-17)15-13(18)6-5-7-14(15)20(16)4/h5-7H,8-11H2,1-4H3. The van der Waals surface area contributed by atoms with Gasteiger partial charge in [0.15, 0.2) is 0 Å². The first-order valence-electron chi connectivity index (χ1n) is 7.49. The van der Waals surface area contributed by atoms with Crippen LogP contribution in [0.15, 0.2) is 18.2 Å². The monoisotopic (exact) mass is 306 g/mol. The Hall–Kier alpha value is -1.03. The van der Waals surface area contributed by atoms with Crippen molar-refractivity contribution in [2.75, 3.05) is 27.2 Å². The SMILES string of the molecule is CN(C)CCC1(C)OCCc2c1n(C)c1cccc(Cl)c21. The van der Waals surface area contributed by atoms with E-state index in [1.54, 1.807) is 0 Å². The summed E-state index contributed by atoms with van der Waals surface area (Å²) in [4.78, 5) is 2.21. The molecule has 0 aliphatic carbocycles. The maximum absolute atomic E-state index is 6.47. The number of benzene rings is 1. The Morgan fingerprint density at radius 1 is 1.38 bits per heavy atom. The minimum atomic E-state index is -0.241. The summed E-state index contributed by atoms with van der Waals surface area (Å²) >= 11 is 6.47. The predicted octanol–water partition coefficient (Wildman–Crippen LogP) is 3.57. The number of aryl methyl sites for hydroxylation is 1. The van der Waals surface area contributed by atoms with Crippen molar-refractivity contribution < 1.29 is 4.74 Å². The second kappa shape index (κ2) is 5.31. The highest BCUT2D eigenvalue weighted by Crippen LogP contribution is 2.42. The van der Waals surface area contributed by atoms with Crippen molar-refractivity contribution in [2.45, 2.75) is 25.4 Å². The van der Waals surface area contributed by atoms with E-state index in [0.717, 1.165) is 31.0 Å². The van der Waals surface area contributed by atoms with Gasteiger partial charge in [-0.25, -0.2) is 0 Å². The third kappa shape index (κ3) is 2.37. The Morgan fingerprint density at radius 3 is 2.86 bits per heavy atom. The van der Waals surface area contributed by atoms with Crippen LogP contribution in [0.5, 0.6) is 0 Å². The molecule has 1 aromatic carbocycles. The number of rotatable bonds is 3. The lowest BCUT2D eigenvalue weighted by Crippen LogP contribution is -2.37. The van der Waals surface area contributed by atoms with Gasteiger partial charge in [0.2, 0.25) is 0 Å². The molecule has 0 saturated heterocycles. The number of halogens is 1. The molecular weight excluding hydrogens is 284 g/mol. The molecule has 3 nitrogen and oxygen atoms in total. The van der Waals surface area contributed by atoms with Crippen LogP contribution in [0.4, 0.5) is 0 Å². The molecule has 0 spiro atoms. The van der Waals surface area contributed by atoms with Crippen LogP contribution in [-0.2, 0) is 23.8 Å². The van der Waals surface area contributed by atoms with Crippen LogP contribution in [-0.4, -0.2) is 36.7 Å². The van der Waals surface area contributed by atoms with Gasteiger partial charge in [-0.05, 0) is 51.6 Å². The van der Waals surface area contributed by atoms with Gasteiger partial charge in [-0.1, -0.05) is 17.7 Å². The third-order valence-electron chi connectivity index (χ3n) is 4.59. The highest BCUT2D eigenvalue weighted by molar-refractivity contribution is 6.35. The molecule has 1 aliphatic heterocycles. The zero-order valence-corrected chi connectivity index (χ0v) is 14.0. The zero-order valence-electron chi connectivity index (χ0n) is 13.2. The largest absolute Gasteiger partial charge is 0.369 e. The van der Waals surface area contributed by atoms with Gasteiger partial charge in [-0.15, -0.1) is 0 Å². The Kier molecular flexibility index (Phi) is 3.76. The maximum atomic E-state index is 6.47. The van der Waals surface area contributed by atoms with Crippen LogP contribution in [0.25, 0.3) is 10.9 Å². The smallest absolute Gasteiger partial charge is 0.107 e. The van der Waals surface area contributed by atoms with Gasteiger partial charge in [0.1, 0.15) is 5.60 Å². The fourth-order valence-corrected chi connectivity index (χ4v) is 3.81. The van der Waals surface area contributed by atoms with Crippen LogP contribution in [0, 0.1) is 0 Å². The fraction of sp³-hybridized carbons (Fsp3) is 0.529. The molecule has 0 amide bonds. The summed E-state index contributed by atoms with van der Waals surface area (Å²) in [6.45, 7) is 3.98. The van der Waals surface area contributed by atoms with Crippen molar-refractivity contribution in [1.82, 2.24) is 9.47 Å². The predicted molar refractivity (Wildman–Crippen MR) is 88.1 cm³/mol. The molecular formula is C17H23ClN2O. The number of ether oxygens (including phenoxy) is 1. The van der Waals surface area contributed by atoms with Crippen molar-refractivity contribution in [3.8, 4) is 0 Å². The molecule has 0 saturated carbocycles. The topological polar surface area (TPSA) is 17.4 Å². The molecule has 1 aliphatic rings. The van der Waals surface area contributed by atoms with E-state index in [1.165, 1.54) is 22.2 Å². The first-order valence-corrected chi connectivity index (χ1v) is 7.87. The summed E-state index contributed by atoms with van der Waals surface area (Å²) < 4.78 is 8.47. The van der Waals surface area contributed by atoms with Crippen LogP contribution in [0.2, 0.25) is 5.02 Å². The van der Waals surface area contributed by atoms with Crippen LogP contribution < -0.4 is 0 Å². The molecule has 0 radical (unpaired) electrons. The second-order valence-corrected chi connectivity index (χ2v) is 6.81. The molecule has 0 fully saturated rings. The summed E-state index contributed by atoms with van der Waals surface area (Å²) in [7, 11) is 6.33. The van der Waals surface area contributed by atoms with Gasteiger partial charge in [-0.2, -0.15) is 0 Å². The molecule has 2 aromatic rings. The molecule has 1 atom stereocenters. The molecule has 114 valence electrons. The number of fused-ring (bicyclic) bond motifs is 3. The molecule has 21 heavy (non-hydrogen) atoms. The highest BCUT2D eigenvalue weighted by atomic mass is 35.5. The van der Waals surface area contributed by atoms with Crippen molar-refractivity contribution in [3.05, 3.63) is 34.5 Å². The van der Waals surface area contributed by atoms with Gasteiger partial charge in [0, 0.05) is 24.5 Å². The Balaban J connectivity index is 2.17. The molecule has 3 rings (SSSR count). The summed E-state index contributed by atoms with van der Waals surface area (Å²) in [5.74, 6) is 0. The van der Waals surface area contributed by atoms with E-state index < -0.39 is 0 Å². The van der Waals surface area contributed by atoms with Crippen molar-refractivity contribution in [2.24, 2.45) is 7.05 Å². The molecule has 2 heterocycles. The lowest BCUT2D eigenvalue weighted by molar-refractivity contribution is -0.0600. The number of hydrogen-bond donors (Lipinski definition) is 0. The summed E-state index contributed by atoms with van der Waals surface area (Å²) in [5, 5.41) is 2.05. The van der Waals surface area contributed by atoms with E-state index in [0.29, 0.717) is 0 Å². The van der Waals surface area contributed by atoms with Crippen molar-refractivity contribution in [1.29, 1.82) is 0 Å². The van der Waals surface area contributed by atoms with E-state index >= 15 is 0 Å². The van der Waals surface area contributed by atoms with Crippen molar-refractivity contribution >= 4 is 22.5 Å². The van der Waals surface area contributed by atoms with Crippen LogP contribution in [0.1, 0.15) is 24.6 Å². The normalized spacial score (nSPS) is 22.0. The minimum Gasteiger partial charge on any atom is -0.369 e. The van der Waals surface area contributed by atoms with Crippen LogP contribution in [0.3, 0.4) is 0 Å². The first kappa shape index (κ1) is 14.9. The lowest BCUT2D eigenvalue weighted by atomic mass is 9.89. The summed E-state index contributed by atoms with van der Waals surface area (Å²) in [6, 6.07) is 6.15. The number of nitrogens with zero attached hydrogens (tertiary/aromatic N) is 2. The molecule has 0 N–H and O–H groups in total. The quantitative estimate of drug-likeness (QED) is 0.862. The fourth-order valence-electron chi connectivity index (χ4n) is 3.52. The van der Waals surface area contributed by atoms with Crippen molar-refractivity contribution in [3.63, 3.8) is 0 Å². The Bertz CT molecular complexity index is 677. The molecule has 1 unspecified atom stereocenters. The Labute approximate surface area is 131 Å². The average molecular weight is 307 g/mol. The zero-order chi connectivity index (χ0) is 15.2. The summed E-state index contributed by atoms with van der Waals surface area (Å²) in [6.07, 6.45) is 1.92. The number of aromatic nitrogens is 1. The lowest BCUT2D eigenvalue weighted by Gasteiger charge is -2.36. The Morgan fingerprint density at radius 2 is 2.14 bits per heavy atom. The maximum Gasteiger partial charge on any atom is 0.107 e. The van der Waals surface area contributed by atoms with Gasteiger partial charge in [-0.3, -0.25) is 0 Å². The van der Waals surface area contributed by atoms with Gasteiger partial charge >= 0.3 is 0 Å². The van der Waals surface area contributed by atoms with Crippen LogP contribution >= 0.6 is 11.6 Å². The van der Waals surface area contributed by atoms with Gasteiger partial charge in [0.05, 0.1) is 17.3 Å². The van der Waals surface area contributed by atoms with Gasteiger partial charge < -0.3 is 14.2 Å². The molecule has 4 heteroatoms. The van der Waals surface area contributed by atoms with E-state index in [2.05, 4.69) is 43.6 Å². The first-order chi connectivity index (χ1) is 9.94. The van der Waals surface area contributed by atoms with Gasteiger partial charge in [0.25, 0.3) is 0 Å². The summed E-state index contributed by atoms with van der Waals surface area (Å²) in [5.41, 5.74) is 3.62. The third-order valence-corrected chi connectivity index (χ3v) is 4.90. The minimum absolute atomic E-state index is 0.241. The highest BCUT2D eigenvalue weighted by Gasteiger charge is 2.37. The molecule has 0 bridgehead atoms. The van der Waals surface area contributed by atoms with E-state index in [4.69, 9.17) is 16.3 Å². The van der Waals surface area contributed by atoms with E-state index in [9.17, 15) is 0 Å².